The number of carboxylic acid groups (broad SMARTS) is 1. The van der Waals surface area contributed by atoms with E-state index in [1.165, 1.54) is 11.3 Å². The largest absolute Gasteiger partial charge is 0.494 e. The van der Waals surface area contributed by atoms with E-state index in [0.717, 1.165) is 52.5 Å². The Morgan fingerprint density at radius 1 is 1.07 bits per heavy atom. The summed E-state index contributed by atoms with van der Waals surface area (Å²) in [5.74, 6) is 0.743. The van der Waals surface area contributed by atoms with Crippen LogP contribution >= 0.6 is 22.9 Å². The zero-order valence-corrected chi connectivity index (χ0v) is 28.3. The molecule has 0 radical (unpaired) electrons. The molecular weight excluding hydrogens is 618 g/mol. The SMILES string of the molecule is CCOc1ccc(-c2cccc(C#N)c2)cc1CN(C(=O)c1sc2ccccc2c1Cl)C1CCC(C(NC(=O)O)C(C)(C)C)CC1. The second-order valence-electron chi connectivity index (χ2n) is 13.0. The van der Waals surface area contributed by atoms with Gasteiger partial charge in [-0.3, -0.25) is 4.79 Å². The van der Waals surface area contributed by atoms with Gasteiger partial charge in [0.15, 0.2) is 0 Å². The molecule has 1 heterocycles. The molecule has 240 valence electrons. The molecule has 5 rings (SSSR count). The molecule has 1 fully saturated rings. The number of nitrogens with one attached hydrogen (secondary N) is 1. The van der Waals surface area contributed by atoms with E-state index in [1.54, 1.807) is 6.07 Å². The van der Waals surface area contributed by atoms with E-state index in [1.807, 2.05) is 72.5 Å². The van der Waals surface area contributed by atoms with Gasteiger partial charge in [0.25, 0.3) is 5.91 Å². The molecule has 1 aromatic heterocycles. The zero-order chi connectivity index (χ0) is 33.0. The summed E-state index contributed by atoms with van der Waals surface area (Å²) in [4.78, 5) is 28.7. The van der Waals surface area contributed by atoms with Crippen molar-refractivity contribution in [2.45, 2.75) is 72.0 Å². The van der Waals surface area contributed by atoms with E-state index in [-0.39, 0.29) is 29.3 Å². The zero-order valence-electron chi connectivity index (χ0n) is 26.7. The Kier molecular flexibility index (Phi) is 10.2. The Balaban J connectivity index is 1.52. The van der Waals surface area contributed by atoms with Gasteiger partial charge in [0.05, 0.1) is 23.3 Å². The van der Waals surface area contributed by atoms with Crippen LogP contribution in [0.15, 0.2) is 66.7 Å². The summed E-state index contributed by atoms with van der Waals surface area (Å²) in [6.07, 6.45) is 2.04. The first-order valence-corrected chi connectivity index (χ1v) is 16.9. The maximum Gasteiger partial charge on any atom is 0.404 e. The molecule has 2 amide bonds. The van der Waals surface area contributed by atoms with Crippen LogP contribution in [0.3, 0.4) is 0 Å². The number of benzene rings is 3. The van der Waals surface area contributed by atoms with Gasteiger partial charge in [-0.1, -0.05) is 68.8 Å². The van der Waals surface area contributed by atoms with Crippen molar-refractivity contribution in [3.05, 3.63) is 87.8 Å². The molecule has 7 nitrogen and oxygen atoms in total. The van der Waals surface area contributed by atoms with Crippen LogP contribution in [0.25, 0.3) is 21.2 Å². The molecule has 3 aromatic carbocycles. The summed E-state index contributed by atoms with van der Waals surface area (Å²) in [5, 5.41) is 23.1. The van der Waals surface area contributed by atoms with Crippen molar-refractivity contribution in [1.29, 1.82) is 5.26 Å². The second-order valence-corrected chi connectivity index (χ2v) is 14.4. The molecule has 1 unspecified atom stereocenters. The number of carbonyl (C=O) groups excluding carboxylic acids is 1. The number of amides is 2. The Bertz CT molecular complexity index is 1760. The lowest BCUT2D eigenvalue weighted by Gasteiger charge is -2.43. The fourth-order valence-corrected chi connectivity index (χ4v) is 8.17. The van der Waals surface area contributed by atoms with Gasteiger partial charge < -0.3 is 20.1 Å². The monoisotopic (exact) mass is 657 g/mol. The minimum atomic E-state index is -1.01. The lowest BCUT2D eigenvalue weighted by atomic mass is 9.72. The first kappa shape index (κ1) is 33.3. The molecule has 0 saturated heterocycles. The molecule has 9 heteroatoms. The third-order valence-corrected chi connectivity index (χ3v) is 10.5. The highest BCUT2D eigenvalue weighted by molar-refractivity contribution is 7.21. The van der Waals surface area contributed by atoms with E-state index in [0.29, 0.717) is 34.4 Å². The summed E-state index contributed by atoms with van der Waals surface area (Å²) < 4.78 is 7.02. The summed E-state index contributed by atoms with van der Waals surface area (Å²) in [7, 11) is 0. The van der Waals surface area contributed by atoms with Crippen LogP contribution in [0.2, 0.25) is 5.02 Å². The highest BCUT2D eigenvalue weighted by Crippen LogP contribution is 2.41. The number of ether oxygens (including phenoxy) is 1. The van der Waals surface area contributed by atoms with E-state index < -0.39 is 6.09 Å². The third-order valence-electron chi connectivity index (χ3n) is 8.88. The molecule has 0 spiro atoms. The van der Waals surface area contributed by atoms with Crippen molar-refractivity contribution >= 4 is 45.0 Å². The van der Waals surface area contributed by atoms with Crippen LogP contribution in [0, 0.1) is 22.7 Å². The maximum atomic E-state index is 14.6. The topological polar surface area (TPSA) is 103 Å². The van der Waals surface area contributed by atoms with Crippen molar-refractivity contribution in [2.24, 2.45) is 11.3 Å². The molecule has 1 atom stereocenters. The highest BCUT2D eigenvalue weighted by Gasteiger charge is 2.38. The summed E-state index contributed by atoms with van der Waals surface area (Å²) >= 11 is 8.27. The Labute approximate surface area is 279 Å². The number of thiophene rings is 1. The second kappa shape index (κ2) is 14.1. The number of carbonyl (C=O) groups is 2. The predicted octanol–water partition coefficient (Wildman–Crippen LogP) is 9.38. The minimum Gasteiger partial charge on any atom is -0.494 e. The first-order chi connectivity index (χ1) is 22.0. The Morgan fingerprint density at radius 2 is 1.78 bits per heavy atom. The summed E-state index contributed by atoms with van der Waals surface area (Å²) in [5.41, 5.74) is 3.04. The number of nitrogens with zero attached hydrogens (tertiary/aromatic N) is 2. The van der Waals surface area contributed by atoms with Gasteiger partial charge in [0.2, 0.25) is 0 Å². The first-order valence-electron chi connectivity index (χ1n) is 15.7. The fourth-order valence-electron chi connectivity index (χ4n) is 6.70. The quantitative estimate of drug-likeness (QED) is 0.187. The van der Waals surface area contributed by atoms with Crippen molar-refractivity contribution in [3.63, 3.8) is 0 Å². The Morgan fingerprint density at radius 3 is 2.43 bits per heavy atom. The van der Waals surface area contributed by atoms with Crippen LogP contribution in [-0.4, -0.2) is 40.7 Å². The predicted molar refractivity (Wildman–Crippen MR) is 185 cm³/mol. The van der Waals surface area contributed by atoms with Crippen LogP contribution < -0.4 is 10.1 Å². The van der Waals surface area contributed by atoms with E-state index in [9.17, 15) is 20.0 Å². The van der Waals surface area contributed by atoms with Gasteiger partial charge in [-0.2, -0.15) is 5.26 Å². The van der Waals surface area contributed by atoms with E-state index >= 15 is 0 Å². The molecule has 1 aliphatic rings. The van der Waals surface area contributed by atoms with Gasteiger partial charge in [-0.15, -0.1) is 11.3 Å². The Hall–Kier alpha value is -4.06. The summed E-state index contributed by atoms with van der Waals surface area (Å²) in [6, 6.07) is 23.2. The van der Waals surface area contributed by atoms with Gasteiger partial charge in [0, 0.05) is 34.3 Å². The molecule has 46 heavy (non-hydrogen) atoms. The molecule has 2 N–H and O–H groups in total. The van der Waals surface area contributed by atoms with Gasteiger partial charge in [-0.25, -0.2) is 4.79 Å². The normalized spacial score (nSPS) is 17.2. The van der Waals surface area contributed by atoms with Crippen molar-refractivity contribution in [2.75, 3.05) is 6.61 Å². The number of fused-ring (bicyclic) bond motifs is 1. The lowest BCUT2D eigenvalue weighted by molar-refractivity contribution is 0.0543. The number of halogens is 1. The van der Waals surface area contributed by atoms with E-state index in [4.69, 9.17) is 16.3 Å². The molecule has 1 aliphatic carbocycles. The smallest absolute Gasteiger partial charge is 0.404 e. The van der Waals surface area contributed by atoms with Crippen molar-refractivity contribution in [1.82, 2.24) is 10.2 Å². The average molecular weight is 658 g/mol. The standard InChI is InChI=1S/C37H40ClN3O4S/c1-5-45-30-18-15-26(25-10-8-9-23(19-25)21-39)20-27(30)22-41(35(42)33-32(38)29-11-6-7-12-31(29)46-33)28-16-13-24(14-17-28)34(37(2,3)4)40-36(43)44/h6-12,15,18-20,24,28,34,40H,5,13-14,16-17,22H2,1-4H3,(H,43,44). The highest BCUT2D eigenvalue weighted by atomic mass is 35.5. The summed E-state index contributed by atoms with van der Waals surface area (Å²) in [6.45, 7) is 8.92. The molecule has 1 saturated carbocycles. The van der Waals surface area contributed by atoms with Gasteiger partial charge in [-0.05, 0) is 85.4 Å². The number of hydrogen-bond acceptors (Lipinski definition) is 5. The maximum absolute atomic E-state index is 14.6. The van der Waals surface area contributed by atoms with Crippen LogP contribution in [-0.2, 0) is 6.54 Å². The van der Waals surface area contributed by atoms with Crippen LogP contribution in [0.4, 0.5) is 4.79 Å². The number of rotatable bonds is 9. The number of hydrogen-bond donors (Lipinski definition) is 2. The minimum absolute atomic E-state index is 0.0736. The lowest BCUT2D eigenvalue weighted by Crippen LogP contribution is -2.50. The van der Waals surface area contributed by atoms with Crippen molar-refractivity contribution < 1.29 is 19.4 Å². The van der Waals surface area contributed by atoms with Crippen LogP contribution in [0.1, 0.15) is 74.2 Å². The average Bonchev–Trinajstić information content (AvgIpc) is 3.38. The van der Waals surface area contributed by atoms with Gasteiger partial charge >= 0.3 is 6.09 Å². The van der Waals surface area contributed by atoms with Crippen LogP contribution in [0.5, 0.6) is 5.75 Å². The fraction of sp³-hybridized carbons (Fsp3) is 0.378. The molecule has 4 aromatic rings. The molecule has 0 aliphatic heterocycles. The molecule has 0 bridgehead atoms. The number of nitriles is 1. The third kappa shape index (κ3) is 7.32. The van der Waals surface area contributed by atoms with Gasteiger partial charge in [0.1, 0.15) is 10.6 Å². The van der Waals surface area contributed by atoms with Crippen molar-refractivity contribution in [3.8, 4) is 22.9 Å². The molecular formula is C37H40ClN3O4S. The van der Waals surface area contributed by atoms with E-state index in [2.05, 4.69) is 32.2 Å².